The molecule has 8 nitrogen and oxygen atoms in total. The largest absolute Gasteiger partial charge is 0.497 e. The number of nitro groups is 1. The van der Waals surface area contributed by atoms with Gasteiger partial charge in [0.15, 0.2) is 0 Å². The van der Waals surface area contributed by atoms with Crippen molar-refractivity contribution in [1.82, 2.24) is 4.83 Å². The normalized spacial score (nSPS) is 12.0. The summed E-state index contributed by atoms with van der Waals surface area (Å²) in [5.41, 5.74) is 1.30. The van der Waals surface area contributed by atoms with Crippen molar-refractivity contribution in [2.24, 2.45) is 5.10 Å². The van der Waals surface area contributed by atoms with Crippen LogP contribution in [0.3, 0.4) is 0 Å². The van der Waals surface area contributed by atoms with Gasteiger partial charge in [0, 0.05) is 11.6 Å². The van der Waals surface area contributed by atoms with Crippen molar-refractivity contribution >= 4 is 32.2 Å². The fraction of sp³-hybridized carbons (Fsp3) is 0.150. The van der Waals surface area contributed by atoms with E-state index in [0.29, 0.717) is 11.3 Å². The Balaban J connectivity index is 1.87. The second-order valence-electron chi connectivity index (χ2n) is 6.43. The first-order chi connectivity index (χ1) is 13.7. The summed E-state index contributed by atoms with van der Waals surface area (Å²) in [6.45, 7) is 3.21. The van der Waals surface area contributed by atoms with E-state index in [9.17, 15) is 18.5 Å². The van der Waals surface area contributed by atoms with Gasteiger partial charge in [0.2, 0.25) is 0 Å². The van der Waals surface area contributed by atoms with Gasteiger partial charge in [-0.25, -0.2) is 0 Å². The van der Waals surface area contributed by atoms with Crippen LogP contribution in [0, 0.1) is 17.0 Å². The molecule has 0 saturated carbocycles. The summed E-state index contributed by atoms with van der Waals surface area (Å²) in [5, 5.41) is 17.0. The monoisotopic (exact) mass is 413 g/mol. The van der Waals surface area contributed by atoms with Gasteiger partial charge < -0.3 is 4.74 Å². The van der Waals surface area contributed by atoms with Crippen molar-refractivity contribution in [2.75, 3.05) is 7.11 Å². The lowest BCUT2D eigenvalue weighted by Gasteiger charge is -2.08. The Morgan fingerprint density at radius 2 is 1.76 bits per heavy atom. The van der Waals surface area contributed by atoms with Crippen LogP contribution in [0.2, 0.25) is 0 Å². The molecule has 0 aliphatic rings. The van der Waals surface area contributed by atoms with Crippen molar-refractivity contribution in [1.29, 1.82) is 0 Å². The van der Waals surface area contributed by atoms with Crippen LogP contribution in [0.4, 0.5) is 5.69 Å². The number of hydrazone groups is 1. The Hall–Kier alpha value is -3.46. The molecule has 3 aromatic rings. The highest BCUT2D eigenvalue weighted by molar-refractivity contribution is 7.89. The van der Waals surface area contributed by atoms with Crippen LogP contribution >= 0.6 is 0 Å². The summed E-state index contributed by atoms with van der Waals surface area (Å²) >= 11 is 0. The Kier molecular flexibility index (Phi) is 5.51. The van der Waals surface area contributed by atoms with E-state index >= 15 is 0 Å². The van der Waals surface area contributed by atoms with Crippen LogP contribution in [-0.2, 0) is 10.0 Å². The van der Waals surface area contributed by atoms with Crippen LogP contribution < -0.4 is 9.57 Å². The summed E-state index contributed by atoms with van der Waals surface area (Å²) in [4.78, 5) is 12.4. The summed E-state index contributed by atoms with van der Waals surface area (Å²) in [5.74, 6) is 0.746. The lowest BCUT2D eigenvalue weighted by atomic mass is 10.0. The zero-order chi connectivity index (χ0) is 21.2. The third-order valence-corrected chi connectivity index (χ3v) is 5.69. The Labute approximate surface area is 168 Å². The van der Waals surface area contributed by atoms with Crippen molar-refractivity contribution in [3.63, 3.8) is 0 Å². The number of hydrogen-bond acceptors (Lipinski definition) is 6. The molecule has 150 valence electrons. The van der Waals surface area contributed by atoms with E-state index in [1.165, 1.54) is 12.1 Å². The molecule has 29 heavy (non-hydrogen) atoms. The first kappa shape index (κ1) is 20.3. The number of nitrogens with one attached hydrogen (secondary N) is 1. The van der Waals surface area contributed by atoms with Gasteiger partial charge >= 0.3 is 0 Å². The van der Waals surface area contributed by atoms with Crippen LogP contribution in [-0.4, -0.2) is 26.2 Å². The molecule has 3 aromatic carbocycles. The lowest BCUT2D eigenvalue weighted by molar-refractivity contribution is -0.385. The van der Waals surface area contributed by atoms with Crippen molar-refractivity contribution < 1.29 is 18.1 Å². The summed E-state index contributed by atoms with van der Waals surface area (Å²) < 4.78 is 30.2. The van der Waals surface area contributed by atoms with Gasteiger partial charge in [0.25, 0.3) is 15.7 Å². The maximum atomic E-state index is 12.5. The van der Waals surface area contributed by atoms with Gasteiger partial charge in [-0.3, -0.25) is 10.1 Å². The molecule has 0 aliphatic carbocycles. The maximum Gasteiger partial charge on any atom is 0.276 e. The third kappa shape index (κ3) is 4.35. The SMILES string of the molecule is COc1ccc2cc(/C(C)=N/NS(=O)(=O)c3ccc(C)c([N+](=O)[O-])c3)ccc2c1. The molecule has 0 saturated heterocycles. The molecule has 0 aromatic heterocycles. The van der Waals surface area contributed by atoms with Gasteiger partial charge in [0.1, 0.15) is 5.75 Å². The topological polar surface area (TPSA) is 111 Å². The minimum absolute atomic E-state index is 0.225. The Bertz CT molecular complexity index is 1240. The van der Waals surface area contributed by atoms with E-state index in [1.54, 1.807) is 21.0 Å². The number of aryl methyl sites for hydroxylation is 1. The molecular weight excluding hydrogens is 394 g/mol. The number of methoxy groups -OCH3 is 1. The molecule has 9 heteroatoms. The minimum atomic E-state index is -4.05. The number of fused-ring (bicyclic) bond motifs is 1. The zero-order valence-electron chi connectivity index (χ0n) is 16.0. The summed E-state index contributed by atoms with van der Waals surface area (Å²) in [6, 6.07) is 15.0. The van der Waals surface area contributed by atoms with Crippen molar-refractivity contribution in [3.05, 3.63) is 75.8 Å². The van der Waals surface area contributed by atoms with E-state index in [4.69, 9.17) is 4.74 Å². The van der Waals surface area contributed by atoms with Crippen LogP contribution in [0.1, 0.15) is 18.1 Å². The molecular formula is C20H19N3O5S. The molecule has 0 radical (unpaired) electrons. The van der Waals surface area contributed by atoms with E-state index in [1.807, 2.05) is 36.4 Å². The predicted molar refractivity (Wildman–Crippen MR) is 111 cm³/mol. The van der Waals surface area contributed by atoms with E-state index in [-0.39, 0.29) is 10.6 Å². The fourth-order valence-corrected chi connectivity index (χ4v) is 3.65. The quantitative estimate of drug-likeness (QED) is 0.376. The minimum Gasteiger partial charge on any atom is -0.497 e. The van der Waals surface area contributed by atoms with E-state index in [0.717, 1.165) is 28.2 Å². The van der Waals surface area contributed by atoms with Crippen LogP contribution in [0.25, 0.3) is 10.8 Å². The summed E-state index contributed by atoms with van der Waals surface area (Å²) in [6.07, 6.45) is 0. The highest BCUT2D eigenvalue weighted by atomic mass is 32.2. The molecule has 0 heterocycles. The van der Waals surface area contributed by atoms with Crippen molar-refractivity contribution in [3.8, 4) is 5.75 Å². The number of rotatable bonds is 6. The molecule has 0 aliphatic heterocycles. The second-order valence-corrected chi connectivity index (χ2v) is 8.09. The zero-order valence-corrected chi connectivity index (χ0v) is 16.9. The number of sulfonamides is 1. The lowest BCUT2D eigenvalue weighted by Crippen LogP contribution is -2.20. The van der Waals surface area contributed by atoms with Gasteiger partial charge in [0.05, 0.1) is 22.6 Å². The maximum absolute atomic E-state index is 12.5. The number of hydrogen-bond donors (Lipinski definition) is 1. The van der Waals surface area contributed by atoms with Gasteiger partial charge in [-0.05, 0) is 54.4 Å². The number of benzene rings is 3. The molecule has 3 rings (SSSR count). The Morgan fingerprint density at radius 3 is 2.45 bits per heavy atom. The molecule has 0 atom stereocenters. The standard InChI is InChI=1S/C20H19N3O5S/c1-13-4-9-19(12-20(13)23(24)25)29(26,27)22-21-14(2)15-5-6-17-11-18(28-3)8-7-16(17)10-15/h4-12,22H,1-3H3/b21-14+. The molecule has 0 amide bonds. The molecule has 1 N–H and O–H groups in total. The first-order valence-corrected chi connectivity index (χ1v) is 10.1. The first-order valence-electron chi connectivity index (χ1n) is 8.60. The van der Waals surface area contributed by atoms with Gasteiger partial charge in [-0.15, -0.1) is 0 Å². The molecule has 0 bridgehead atoms. The van der Waals surface area contributed by atoms with Gasteiger partial charge in [-0.2, -0.15) is 18.4 Å². The predicted octanol–water partition coefficient (Wildman–Crippen LogP) is 3.77. The average Bonchev–Trinajstić information content (AvgIpc) is 2.71. The van der Waals surface area contributed by atoms with E-state index < -0.39 is 14.9 Å². The van der Waals surface area contributed by atoms with Crippen LogP contribution in [0.15, 0.2) is 64.6 Å². The summed E-state index contributed by atoms with van der Waals surface area (Å²) in [7, 11) is -2.45. The average molecular weight is 413 g/mol. The second kappa shape index (κ2) is 7.88. The molecule has 0 spiro atoms. The Morgan fingerprint density at radius 1 is 1.07 bits per heavy atom. The number of nitro benzene ring substituents is 1. The number of nitrogens with zero attached hydrogens (tertiary/aromatic N) is 2. The number of ether oxygens (including phenoxy) is 1. The molecule has 0 unspecified atom stereocenters. The van der Waals surface area contributed by atoms with Gasteiger partial charge in [-0.1, -0.05) is 24.3 Å². The van der Waals surface area contributed by atoms with Crippen LogP contribution in [0.5, 0.6) is 5.75 Å². The molecule has 0 fully saturated rings. The van der Waals surface area contributed by atoms with E-state index in [2.05, 4.69) is 9.93 Å². The third-order valence-electron chi connectivity index (χ3n) is 4.49. The highest BCUT2D eigenvalue weighted by Gasteiger charge is 2.19. The smallest absolute Gasteiger partial charge is 0.276 e. The fourth-order valence-electron chi connectivity index (χ4n) is 2.77. The van der Waals surface area contributed by atoms with Crippen molar-refractivity contribution in [2.45, 2.75) is 18.7 Å². The highest BCUT2D eigenvalue weighted by Crippen LogP contribution is 2.23.